The highest BCUT2D eigenvalue weighted by molar-refractivity contribution is 6.35. The van der Waals surface area contributed by atoms with Gasteiger partial charge in [-0.2, -0.15) is 0 Å². The second-order valence-corrected chi connectivity index (χ2v) is 7.37. The van der Waals surface area contributed by atoms with Gasteiger partial charge in [0.05, 0.1) is 10.5 Å². The van der Waals surface area contributed by atoms with Crippen molar-refractivity contribution >= 4 is 40.5 Å². The number of halogens is 2. The van der Waals surface area contributed by atoms with Crippen LogP contribution in [0.25, 0.3) is 0 Å². The largest absolute Gasteiger partial charge is 0.382 e. The number of nitro groups is 1. The van der Waals surface area contributed by atoms with Crippen LogP contribution in [0.1, 0.15) is 41.6 Å². The van der Waals surface area contributed by atoms with Crippen LogP contribution in [-0.4, -0.2) is 16.9 Å². The van der Waals surface area contributed by atoms with E-state index in [1.807, 2.05) is 0 Å². The third kappa shape index (κ3) is 4.90. The van der Waals surface area contributed by atoms with Crippen molar-refractivity contribution in [2.75, 3.05) is 5.32 Å². The van der Waals surface area contributed by atoms with Gasteiger partial charge in [0, 0.05) is 40.5 Å². The Bertz CT molecular complexity index is 867. The molecule has 0 atom stereocenters. The summed E-state index contributed by atoms with van der Waals surface area (Å²) in [5.74, 6) is -0.398. The van der Waals surface area contributed by atoms with Crippen LogP contribution < -0.4 is 10.6 Å². The van der Waals surface area contributed by atoms with Crippen molar-refractivity contribution in [1.82, 2.24) is 5.32 Å². The number of anilines is 1. The van der Waals surface area contributed by atoms with Gasteiger partial charge in [-0.1, -0.05) is 42.1 Å². The first-order chi connectivity index (χ1) is 12.9. The fraction of sp³-hybridized carbons (Fsp3) is 0.316. The Kier molecular flexibility index (Phi) is 6.19. The van der Waals surface area contributed by atoms with E-state index in [9.17, 15) is 14.9 Å². The average Bonchev–Trinajstić information content (AvgIpc) is 3.14. The van der Waals surface area contributed by atoms with Crippen molar-refractivity contribution in [2.24, 2.45) is 0 Å². The molecule has 0 saturated heterocycles. The summed E-state index contributed by atoms with van der Waals surface area (Å²) in [7, 11) is 0. The molecule has 0 aliphatic heterocycles. The van der Waals surface area contributed by atoms with E-state index in [2.05, 4.69) is 10.6 Å². The van der Waals surface area contributed by atoms with E-state index in [0.717, 1.165) is 25.7 Å². The predicted octanol–water partition coefficient (Wildman–Crippen LogP) is 5.19. The molecule has 1 fully saturated rings. The number of nitrogens with zero attached hydrogens (tertiary/aromatic N) is 1. The Labute approximate surface area is 167 Å². The minimum Gasteiger partial charge on any atom is -0.382 e. The minimum absolute atomic E-state index is 0.123. The molecule has 0 radical (unpaired) electrons. The van der Waals surface area contributed by atoms with Crippen LogP contribution in [0.2, 0.25) is 10.0 Å². The summed E-state index contributed by atoms with van der Waals surface area (Å²) in [5.41, 5.74) is 1.44. The van der Waals surface area contributed by atoms with Gasteiger partial charge in [0.1, 0.15) is 0 Å². The van der Waals surface area contributed by atoms with Gasteiger partial charge in [-0.25, -0.2) is 0 Å². The maximum atomic E-state index is 12.7. The number of hydrogen-bond donors (Lipinski definition) is 2. The summed E-state index contributed by atoms with van der Waals surface area (Å²) in [4.78, 5) is 23.3. The molecule has 1 amide bonds. The van der Waals surface area contributed by atoms with Crippen LogP contribution in [0, 0.1) is 10.1 Å². The van der Waals surface area contributed by atoms with E-state index in [1.54, 1.807) is 24.3 Å². The highest BCUT2D eigenvalue weighted by atomic mass is 35.5. The van der Waals surface area contributed by atoms with E-state index in [4.69, 9.17) is 23.2 Å². The van der Waals surface area contributed by atoms with Gasteiger partial charge < -0.3 is 10.6 Å². The Morgan fingerprint density at radius 3 is 2.56 bits per heavy atom. The zero-order valence-corrected chi connectivity index (χ0v) is 16.0. The summed E-state index contributed by atoms with van der Waals surface area (Å²) in [6.07, 6.45) is 4.33. The lowest BCUT2D eigenvalue weighted by Crippen LogP contribution is -2.25. The normalized spacial score (nSPS) is 14.1. The fourth-order valence-electron chi connectivity index (χ4n) is 3.19. The standard InChI is InChI=1S/C19H19Cl2N3O3/c20-13-6-5-12(17(21)9-13)11-22-19(25)16-10-15(24(26)27)7-8-18(16)23-14-3-1-2-4-14/h5-10,14,23H,1-4,11H2,(H,22,25). The number of rotatable bonds is 6. The molecule has 2 aromatic carbocycles. The average molecular weight is 408 g/mol. The highest BCUT2D eigenvalue weighted by Gasteiger charge is 2.21. The van der Waals surface area contributed by atoms with Crippen LogP contribution in [0.5, 0.6) is 0 Å². The van der Waals surface area contributed by atoms with Gasteiger partial charge in [-0.05, 0) is 36.6 Å². The second-order valence-electron chi connectivity index (χ2n) is 6.53. The van der Waals surface area contributed by atoms with Gasteiger partial charge in [0.2, 0.25) is 0 Å². The molecule has 1 saturated carbocycles. The first-order valence-corrected chi connectivity index (χ1v) is 9.47. The zero-order valence-electron chi connectivity index (χ0n) is 14.5. The van der Waals surface area contributed by atoms with Crippen molar-refractivity contribution in [3.63, 3.8) is 0 Å². The van der Waals surface area contributed by atoms with Crippen molar-refractivity contribution in [3.8, 4) is 0 Å². The molecule has 1 aliphatic rings. The Balaban J connectivity index is 1.79. The maximum Gasteiger partial charge on any atom is 0.270 e. The first-order valence-electron chi connectivity index (χ1n) is 8.71. The lowest BCUT2D eigenvalue weighted by molar-refractivity contribution is -0.384. The SMILES string of the molecule is O=C(NCc1ccc(Cl)cc1Cl)c1cc([N+](=O)[O-])ccc1NC1CCCC1. The Morgan fingerprint density at radius 1 is 1.15 bits per heavy atom. The lowest BCUT2D eigenvalue weighted by atomic mass is 10.1. The van der Waals surface area contributed by atoms with Crippen LogP contribution in [0.15, 0.2) is 36.4 Å². The van der Waals surface area contributed by atoms with E-state index >= 15 is 0 Å². The van der Waals surface area contributed by atoms with Gasteiger partial charge in [0.15, 0.2) is 0 Å². The molecule has 0 aromatic heterocycles. The van der Waals surface area contributed by atoms with Gasteiger partial charge in [-0.15, -0.1) is 0 Å². The molecule has 6 nitrogen and oxygen atoms in total. The number of carbonyl (C=O) groups is 1. The summed E-state index contributed by atoms with van der Waals surface area (Å²) in [5, 5.41) is 18.2. The van der Waals surface area contributed by atoms with Crippen LogP contribution >= 0.6 is 23.2 Å². The van der Waals surface area contributed by atoms with E-state index in [1.165, 1.54) is 12.1 Å². The van der Waals surface area contributed by atoms with Crippen LogP contribution in [-0.2, 0) is 6.54 Å². The molecular formula is C19H19Cl2N3O3. The van der Waals surface area contributed by atoms with Crippen LogP contribution in [0.3, 0.4) is 0 Å². The molecule has 0 spiro atoms. The molecule has 2 N–H and O–H groups in total. The van der Waals surface area contributed by atoms with Gasteiger partial charge >= 0.3 is 0 Å². The Morgan fingerprint density at radius 2 is 1.89 bits per heavy atom. The first kappa shape index (κ1) is 19.5. The molecule has 3 rings (SSSR count). The zero-order chi connectivity index (χ0) is 19.4. The monoisotopic (exact) mass is 407 g/mol. The quantitative estimate of drug-likeness (QED) is 0.509. The van der Waals surface area contributed by atoms with E-state index in [-0.39, 0.29) is 23.8 Å². The molecule has 8 heteroatoms. The number of non-ortho nitro benzene ring substituents is 1. The lowest BCUT2D eigenvalue weighted by Gasteiger charge is -2.17. The number of amides is 1. The highest BCUT2D eigenvalue weighted by Crippen LogP contribution is 2.27. The molecule has 1 aliphatic carbocycles. The van der Waals surface area contributed by atoms with Crippen molar-refractivity contribution < 1.29 is 9.72 Å². The third-order valence-corrected chi connectivity index (χ3v) is 5.21. The summed E-state index contributed by atoms with van der Waals surface area (Å²) >= 11 is 12.0. The molecule has 27 heavy (non-hydrogen) atoms. The number of carbonyl (C=O) groups excluding carboxylic acids is 1. The smallest absolute Gasteiger partial charge is 0.270 e. The van der Waals surface area contributed by atoms with Crippen molar-refractivity contribution in [2.45, 2.75) is 38.3 Å². The number of benzene rings is 2. The molecule has 0 unspecified atom stereocenters. The maximum absolute atomic E-state index is 12.7. The van der Waals surface area contributed by atoms with Crippen LogP contribution in [0.4, 0.5) is 11.4 Å². The second kappa shape index (κ2) is 8.59. The summed E-state index contributed by atoms with van der Waals surface area (Å²) in [6.45, 7) is 0.195. The third-order valence-electron chi connectivity index (χ3n) is 4.63. The molecular weight excluding hydrogens is 389 g/mol. The van der Waals surface area contributed by atoms with E-state index in [0.29, 0.717) is 21.3 Å². The number of nitro benzene ring substituents is 1. The molecule has 142 valence electrons. The Hall–Kier alpha value is -2.31. The predicted molar refractivity (Wildman–Crippen MR) is 107 cm³/mol. The molecule has 0 heterocycles. The fourth-order valence-corrected chi connectivity index (χ4v) is 3.66. The van der Waals surface area contributed by atoms with Gasteiger partial charge in [0.25, 0.3) is 11.6 Å². The topological polar surface area (TPSA) is 84.3 Å². The number of nitrogens with one attached hydrogen (secondary N) is 2. The van der Waals surface area contributed by atoms with E-state index < -0.39 is 10.8 Å². The summed E-state index contributed by atoms with van der Waals surface area (Å²) < 4.78 is 0. The molecule has 0 bridgehead atoms. The molecule has 2 aromatic rings. The van der Waals surface area contributed by atoms with Crippen molar-refractivity contribution in [3.05, 3.63) is 67.7 Å². The van der Waals surface area contributed by atoms with Gasteiger partial charge in [-0.3, -0.25) is 14.9 Å². The number of hydrogen-bond acceptors (Lipinski definition) is 4. The summed E-state index contributed by atoms with van der Waals surface area (Å²) in [6, 6.07) is 9.61. The minimum atomic E-state index is -0.508. The van der Waals surface area contributed by atoms with Crippen molar-refractivity contribution in [1.29, 1.82) is 0 Å².